The number of rotatable bonds is 6. The molecule has 0 fully saturated rings. The van der Waals surface area contributed by atoms with Crippen molar-refractivity contribution in [1.82, 2.24) is 19.5 Å². The zero-order chi connectivity index (χ0) is 14.5. The Balaban J connectivity index is 2.02. The number of hydrogen-bond donors (Lipinski definition) is 2. The van der Waals surface area contributed by atoms with Gasteiger partial charge in [0.15, 0.2) is 5.69 Å². The number of nitrogens with two attached hydrogens (primary N) is 1. The quantitative estimate of drug-likeness (QED) is 0.775. The Hall–Kier alpha value is -2.31. The van der Waals surface area contributed by atoms with Crippen molar-refractivity contribution in [2.45, 2.75) is 33.2 Å². The van der Waals surface area contributed by atoms with Gasteiger partial charge < -0.3 is 20.0 Å². The van der Waals surface area contributed by atoms with E-state index in [-0.39, 0.29) is 5.69 Å². The molecule has 0 aliphatic carbocycles. The number of anilines is 1. The van der Waals surface area contributed by atoms with E-state index >= 15 is 0 Å². The zero-order valence-corrected chi connectivity index (χ0v) is 11.7. The number of carbonyl (C=O) groups is 1. The minimum atomic E-state index is -0.474. The lowest BCUT2D eigenvalue weighted by Crippen LogP contribution is -2.10. The van der Waals surface area contributed by atoms with Crippen LogP contribution in [-0.2, 0) is 17.7 Å². The number of nitrogen functional groups attached to an aromatic ring is 1. The van der Waals surface area contributed by atoms with Gasteiger partial charge in [-0.2, -0.15) is 0 Å². The van der Waals surface area contributed by atoms with Crippen LogP contribution in [0.3, 0.4) is 0 Å². The fourth-order valence-corrected chi connectivity index (χ4v) is 2.05. The van der Waals surface area contributed by atoms with Crippen LogP contribution in [0.25, 0.3) is 0 Å². The molecule has 0 bridgehead atoms. The Kier molecular flexibility index (Phi) is 4.39. The van der Waals surface area contributed by atoms with E-state index in [9.17, 15) is 4.79 Å². The highest BCUT2D eigenvalue weighted by Crippen LogP contribution is 2.16. The number of nitrogens with zero attached hydrogens (tertiary/aromatic N) is 3. The van der Waals surface area contributed by atoms with Crippen LogP contribution >= 0.6 is 0 Å². The van der Waals surface area contributed by atoms with Crippen molar-refractivity contribution >= 4 is 11.8 Å². The van der Waals surface area contributed by atoms with E-state index in [2.05, 4.69) is 15.0 Å². The molecule has 0 atom stereocenters. The number of nitrogens with one attached hydrogen (secondary N) is 1. The summed E-state index contributed by atoms with van der Waals surface area (Å²) in [7, 11) is 0. The molecular weight excluding hydrogens is 258 g/mol. The lowest BCUT2D eigenvalue weighted by molar-refractivity contribution is 0.0521. The van der Waals surface area contributed by atoms with Crippen molar-refractivity contribution in [1.29, 1.82) is 0 Å². The first-order valence-electron chi connectivity index (χ1n) is 6.61. The van der Waals surface area contributed by atoms with Gasteiger partial charge >= 0.3 is 5.97 Å². The van der Waals surface area contributed by atoms with Crippen LogP contribution in [0.2, 0.25) is 0 Å². The molecule has 0 unspecified atom stereocenters. The van der Waals surface area contributed by atoms with E-state index in [1.54, 1.807) is 19.3 Å². The average molecular weight is 277 g/mol. The number of aromatic nitrogens is 4. The highest BCUT2D eigenvalue weighted by molar-refractivity contribution is 5.92. The third kappa shape index (κ3) is 2.98. The maximum atomic E-state index is 11.7. The molecule has 108 valence electrons. The number of aromatic amines is 1. The average Bonchev–Trinajstić information content (AvgIpc) is 3.01. The summed E-state index contributed by atoms with van der Waals surface area (Å²) in [5.41, 5.74) is 6.17. The normalized spacial score (nSPS) is 10.7. The number of esters is 1. The monoisotopic (exact) mass is 277 g/mol. The molecule has 2 heterocycles. The first-order valence-corrected chi connectivity index (χ1v) is 6.61. The highest BCUT2D eigenvalue weighted by Gasteiger charge is 2.19. The summed E-state index contributed by atoms with van der Waals surface area (Å²) in [6.07, 6.45) is 5.20. The molecule has 0 radical (unpaired) electrons. The molecule has 2 aromatic heterocycles. The summed E-state index contributed by atoms with van der Waals surface area (Å²) in [5, 5.41) is 0. The summed E-state index contributed by atoms with van der Waals surface area (Å²) in [5.74, 6) is 1.54. The molecule has 0 saturated carbocycles. The van der Waals surface area contributed by atoms with Crippen LogP contribution in [0.4, 0.5) is 5.82 Å². The third-order valence-electron chi connectivity index (χ3n) is 3.02. The maximum absolute atomic E-state index is 11.7. The molecule has 0 aliphatic rings. The van der Waals surface area contributed by atoms with E-state index in [0.29, 0.717) is 24.8 Å². The van der Waals surface area contributed by atoms with E-state index in [1.165, 1.54) is 0 Å². The Morgan fingerprint density at radius 1 is 1.55 bits per heavy atom. The van der Waals surface area contributed by atoms with Gasteiger partial charge in [0, 0.05) is 25.4 Å². The van der Waals surface area contributed by atoms with Gasteiger partial charge in [-0.3, -0.25) is 0 Å². The van der Waals surface area contributed by atoms with Gasteiger partial charge in [0.1, 0.15) is 17.5 Å². The smallest absolute Gasteiger partial charge is 0.360 e. The third-order valence-corrected chi connectivity index (χ3v) is 3.02. The van der Waals surface area contributed by atoms with Gasteiger partial charge in [-0.15, -0.1) is 0 Å². The van der Waals surface area contributed by atoms with Gasteiger partial charge in [0.25, 0.3) is 0 Å². The Morgan fingerprint density at radius 2 is 2.35 bits per heavy atom. The van der Waals surface area contributed by atoms with Gasteiger partial charge in [0.05, 0.1) is 6.61 Å². The van der Waals surface area contributed by atoms with Crippen LogP contribution in [0.1, 0.15) is 35.5 Å². The van der Waals surface area contributed by atoms with Crippen LogP contribution in [0.5, 0.6) is 0 Å². The lowest BCUT2D eigenvalue weighted by atomic mass is 10.3. The molecule has 7 heteroatoms. The number of hydrogen-bond acceptors (Lipinski definition) is 5. The predicted molar refractivity (Wildman–Crippen MR) is 74.2 cm³/mol. The van der Waals surface area contributed by atoms with Crippen molar-refractivity contribution in [3.63, 3.8) is 0 Å². The first-order chi connectivity index (χ1) is 9.63. The van der Waals surface area contributed by atoms with E-state index in [1.807, 2.05) is 11.5 Å². The van der Waals surface area contributed by atoms with E-state index in [0.717, 1.165) is 18.7 Å². The summed E-state index contributed by atoms with van der Waals surface area (Å²) >= 11 is 0. The molecule has 7 nitrogen and oxygen atoms in total. The van der Waals surface area contributed by atoms with Gasteiger partial charge in [-0.05, 0) is 20.3 Å². The number of ether oxygens (including phenoxy) is 1. The van der Waals surface area contributed by atoms with Gasteiger partial charge in [0.2, 0.25) is 0 Å². The van der Waals surface area contributed by atoms with E-state index < -0.39 is 5.97 Å². The minimum Gasteiger partial charge on any atom is -0.461 e. The van der Waals surface area contributed by atoms with Crippen LogP contribution in [0.15, 0.2) is 12.4 Å². The predicted octanol–water partition coefficient (Wildman–Crippen LogP) is 1.31. The largest absolute Gasteiger partial charge is 0.461 e. The molecule has 0 amide bonds. The standard InChI is InChI=1S/C13H19N5O2/c1-3-20-13(19)11-12(14)18(9(2)17-11)8-4-5-10-15-6-7-16-10/h6-7H,3-5,8,14H2,1-2H3,(H,15,16). The molecule has 0 saturated heterocycles. The van der Waals surface area contributed by atoms with Crippen LogP contribution in [-0.4, -0.2) is 32.1 Å². The Labute approximate surface area is 117 Å². The summed E-state index contributed by atoms with van der Waals surface area (Å²) < 4.78 is 6.76. The highest BCUT2D eigenvalue weighted by atomic mass is 16.5. The number of H-pyrrole nitrogens is 1. The second kappa shape index (κ2) is 6.23. The van der Waals surface area contributed by atoms with Crippen molar-refractivity contribution in [2.75, 3.05) is 12.3 Å². The van der Waals surface area contributed by atoms with Crippen LogP contribution < -0.4 is 5.73 Å². The number of carbonyl (C=O) groups excluding carboxylic acids is 1. The van der Waals surface area contributed by atoms with E-state index in [4.69, 9.17) is 10.5 Å². The van der Waals surface area contributed by atoms with Crippen molar-refractivity contribution in [2.24, 2.45) is 0 Å². The SMILES string of the molecule is CCOC(=O)c1nc(C)n(CCCc2ncc[nH]2)c1N. The molecule has 3 N–H and O–H groups in total. The maximum Gasteiger partial charge on any atom is 0.360 e. The minimum absolute atomic E-state index is 0.197. The second-order valence-electron chi connectivity index (χ2n) is 4.40. The van der Waals surface area contributed by atoms with Gasteiger partial charge in [-0.25, -0.2) is 14.8 Å². The first kappa shape index (κ1) is 14.1. The topological polar surface area (TPSA) is 98.8 Å². The summed E-state index contributed by atoms with van der Waals surface area (Å²) in [6.45, 7) is 4.57. The van der Waals surface area contributed by atoms with Gasteiger partial charge in [-0.1, -0.05) is 0 Å². The second-order valence-corrected chi connectivity index (χ2v) is 4.40. The molecule has 0 aliphatic heterocycles. The van der Waals surface area contributed by atoms with Crippen molar-refractivity contribution in [3.8, 4) is 0 Å². The molecule has 2 rings (SSSR count). The Bertz CT molecular complexity index is 574. The van der Waals surface area contributed by atoms with Crippen LogP contribution in [0, 0.1) is 6.92 Å². The molecule has 0 aromatic carbocycles. The fourth-order valence-electron chi connectivity index (χ4n) is 2.05. The van der Waals surface area contributed by atoms with Crippen molar-refractivity contribution < 1.29 is 9.53 Å². The number of imidazole rings is 2. The van der Waals surface area contributed by atoms with Crippen molar-refractivity contribution in [3.05, 3.63) is 29.7 Å². The number of aryl methyl sites for hydroxylation is 2. The Morgan fingerprint density at radius 3 is 3.00 bits per heavy atom. The summed E-state index contributed by atoms with van der Waals surface area (Å²) in [4.78, 5) is 23.1. The molecule has 0 spiro atoms. The lowest BCUT2D eigenvalue weighted by Gasteiger charge is -2.07. The zero-order valence-electron chi connectivity index (χ0n) is 11.7. The summed E-state index contributed by atoms with van der Waals surface area (Å²) in [6, 6.07) is 0. The molecule has 20 heavy (non-hydrogen) atoms. The molecular formula is C13H19N5O2. The molecule has 2 aromatic rings. The fraction of sp³-hybridized carbons (Fsp3) is 0.462.